The summed E-state index contributed by atoms with van der Waals surface area (Å²) in [6.07, 6.45) is 0.919. The van der Waals surface area contributed by atoms with E-state index in [4.69, 9.17) is 15.3 Å². The van der Waals surface area contributed by atoms with Gasteiger partial charge in [0.05, 0.1) is 16.3 Å². The number of hydrogen-bond acceptors (Lipinski definition) is 5. The quantitative estimate of drug-likeness (QED) is 0.369. The Morgan fingerprint density at radius 2 is 1.85 bits per heavy atom. The van der Waals surface area contributed by atoms with Crippen LogP contribution in [0.25, 0.3) is 0 Å². The van der Waals surface area contributed by atoms with Crippen molar-refractivity contribution < 1.29 is 9.57 Å². The fourth-order valence-electron chi connectivity index (χ4n) is 2.33. The van der Waals surface area contributed by atoms with E-state index >= 15 is 0 Å². The van der Waals surface area contributed by atoms with Crippen LogP contribution in [0.2, 0.25) is 0 Å². The standard InChI is InChI=1S/C20H21N3O2S/c1-2-19-22-16(14-26-19)13-25-23-20(21)17-10-6-7-11-18(17)24-12-15-8-4-3-5-9-15/h3-11,14H,2,12-13H2,1H3,(H2,21,23). The molecule has 0 aliphatic rings. The number of nitrogens with zero attached hydrogens (tertiary/aromatic N) is 2. The topological polar surface area (TPSA) is 69.7 Å². The number of aromatic nitrogens is 1. The predicted octanol–water partition coefficient (Wildman–Crippen LogP) is 4.12. The maximum Gasteiger partial charge on any atom is 0.174 e. The Bertz CT molecular complexity index is 862. The molecule has 6 heteroatoms. The summed E-state index contributed by atoms with van der Waals surface area (Å²) in [6, 6.07) is 17.5. The summed E-state index contributed by atoms with van der Waals surface area (Å²) in [5, 5.41) is 7.08. The van der Waals surface area contributed by atoms with Crippen molar-refractivity contribution in [3.05, 3.63) is 81.8 Å². The zero-order valence-electron chi connectivity index (χ0n) is 14.6. The first kappa shape index (κ1) is 17.9. The van der Waals surface area contributed by atoms with Crippen LogP contribution < -0.4 is 10.5 Å². The van der Waals surface area contributed by atoms with Gasteiger partial charge in [0, 0.05) is 5.38 Å². The second-order valence-corrected chi connectivity index (χ2v) is 6.55. The number of rotatable bonds is 8. The first-order valence-corrected chi connectivity index (χ1v) is 9.29. The summed E-state index contributed by atoms with van der Waals surface area (Å²) in [5.74, 6) is 0.947. The normalized spacial score (nSPS) is 11.3. The van der Waals surface area contributed by atoms with Crippen LogP contribution in [0, 0.1) is 0 Å². The lowest BCUT2D eigenvalue weighted by atomic mass is 10.2. The summed E-state index contributed by atoms with van der Waals surface area (Å²) in [5.41, 5.74) is 8.74. The summed E-state index contributed by atoms with van der Waals surface area (Å²) >= 11 is 1.62. The maximum absolute atomic E-state index is 6.09. The van der Waals surface area contributed by atoms with Crippen LogP contribution in [0.15, 0.2) is 65.1 Å². The van der Waals surface area contributed by atoms with Crippen LogP contribution in [0.3, 0.4) is 0 Å². The molecule has 2 aromatic carbocycles. The minimum atomic E-state index is 0.277. The molecule has 0 amide bonds. The third-order valence-corrected chi connectivity index (χ3v) is 4.72. The molecule has 0 unspecified atom stereocenters. The number of thiazole rings is 1. The molecule has 0 radical (unpaired) electrons. The molecule has 1 aromatic heterocycles. The number of oxime groups is 1. The van der Waals surface area contributed by atoms with Crippen LogP contribution in [0.1, 0.15) is 28.8 Å². The highest BCUT2D eigenvalue weighted by atomic mass is 32.1. The van der Waals surface area contributed by atoms with E-state index in [-0.39, 0.29) is 5.84 Å². The molecule has 0 aliphatic heterocycles. The molecular formula is C20H21N3O2S. The van der Waals surface area contributed by atoms with E-state index in [0.717, 1.165) is 22.7 Å². The fraction of sp³-hybridized carbons (Fsp3) is 0.200. The summed E-state index contributed by atoms with van der Waals surface area (Å²) in [4.78, 5) is 9.80. The van der Waals surface area contributed by atoms with Crippen molar-refractivity contribution in [2.24, 2.45) is 10.9 Å². The van der Waals surface area contributed by atoms with E-state index in [1.165, 1.54) is 0 Å². The Morgan fingerprint density at radius 1 is 1.08 bits per heavy atom. The highest BCUT2D eigenvalue weighted by Gasteiger charge is 2.08. The van der Waals surface area contributed by atoms with Gasteiger partial charge in [-0.1, -0.05) is 54.5 Å². The molecule has 0 spiro atoms. The van der Waals surface area contributed by atoms with Crippen molar-refractivity contribution in [1.82, 2.24) is 4.98 Å². The van der Waals surface area contributed by atoms with Crippen LogP contribution in [-0.4, -0.2) is 10.8 Å². The fourth-order valence-corrected chi connectivity index (χ4v) is 3.06. The van der Waals surface area contributed by atoms with E-state index in [1.807, 2.05) is 60.0 Å². The maximum atomic E-state index is 6.09. The number of para-hydroxylation sites is 1. The van der Waals surface area contributed by atoms with Crippen molar-refractivity contribution in [2.75, 3.05) is 0 Å². The van der Waals surface area contributed by atoms with Gasteiger partial charge in [-0.25, -0.2) is 4.98 Å². The number of benzene rings is 2. The molecular weight excluding hydrogens is 346 g/mol. The van der Waals surface area contributed by atoms with Gasteiger partial charge in [-0.3, -0.25) is 0 Å². The molecule has 0 atom stereocenters. The van der Waals surface area contributed by atoms with Gasteiger partial charge < -0.3 is 15.3 Å². The second kappa shape index (κ2) is 9.01. The lowest BCUT2D eigenvalue weighted by Crippen LogP contribution is -2.15. The molecule has 134 valence electrons. The van der Waals surface area contributed by atoms with Crippen LogP contribution in [0.5, 0.6) is 5.75 Å². The number of aryl methyl sites for hydroxylation is 1. The first-order chi connectivity index (χ1) is 12.8. The van der Waals surface area contributed by atoms with E-state index < -0.39 is 0 Å². The number of nitrogens with two attached hydrogens (primary N) is 1. The van der Waals surface area contributed by atoms with Crippen LogP contribution in [0.4, 0.5) is 0 Å². The van der Waals surface area contributed by atoms with Crippen molar-refractivity contribution in [1.29, 1.82) is 0 Å². The highest BCUT2D eigenvalue weighted by Crippen LogP contribution is 2.19. The molecule has 0 saturated heterocycles. The zero-order chi connectivity index (χ0) is 18.2. The molecule has 0 aliphatic carbocycles. The third kappa shape index (κ3) is 4.83. The molecule has 0 saturated carbocycles. The average molecular weight is 367 g/mol. The Kier molecular flexibility index (Phi) is 6.22. The zero-order valence-corrected chi connectivity index (χ0v) is 15.4. The largest absolute Gasteiger partial charge is 0.488 e. The molecule has 1 heterocycles. The average Bonchev–Trinajstić information content (AvgIpc) is 3.15. The number of hydrogen-bond donors (Lipinski definition) is 1. The minimum Gasteiger partial charge on any atom is -0.488 e. The third-order valence-electron chi connectivity index (χ3n) is 3.68. The Balaban J connectivity index is 1.63. The van der Waals surface area contributed by atoms with Gasteiger partial charge in [-0.2, -0.15) is 0 Å². The van der Waals surface area contributed by atoms with Crippen molar-refractivity contribution in [3.8, 4) is 5.75 Å². The lowest BCUT2D eigenvalue weighted by Gasteiger charge is -2.11. The minimum absolute atomic E-state index is 0.277. The molecule has 3 aromatic rings. The van der Waals surface area contributed by atoms with Gasteiger partial charge in [0.25, 0.3) is 0 Å². The SMILES string of the molecule is CCc1nc(CO/N=C(\N)c2ccccc2OCc2ccccc2)cs1. The Hall–Kier alpha value is -2.86. The summed E-state index contributed by atoms with van der Waals surface area (Å²) < 4.78 is 5.90. The van der Waals surface area contributed by atoms with Crippen molar-refractivity contribution >= 4 is 17.2 Å². The van der Waals surface area contributed by atoms with Gasteiger partial charge in [0.15, 0.2) is 12.4 Å². The van der Waals surface area contributed by atoms with Crippen LogP contribution in [-0.2, 0) is 24.5 Å². The number of amidine groups is 1. The monoisotopic (exact) mass is 367 g/mol. The van der Waals surface area contributed by atoms with E-state index in [2.05, 4.69) is 17.1 Å². The Labute approximate surface area is 157 Å². The smallest absolute Gasteiger partial charge is 0.174 e. The molecule has 2 N–H and O–H groups in total. The lowest BCUT2D eigenvalue weighted by molar-refractivity contribution is 0.128. The molecule has 26 heavy (non-hydrogen) atoms. The van der Waals surface area contributed by atoms with E-state index in [9.17, 15) is 0 Å². The van der Waals surface area contributed by atoms with Gasteiger partial charge in [0.2, 0.25) is 0 Å². The van der Waals surface area contributed by atoms with Gasteiger partial charge in [-0.15, -0.1) is 11.3 Å². The summed E-state index contributed by atoms with van der Waals surface area (Å²) in [6.45, 7) is 2.83. The second-order valence-electron chi connectivity index (χ2n) is 5.61. The Morgan fingerprint density at radius 3 is 2.62 bits per heavy atom. The summed E-state index contributed by atoms with van der Waals surface area (Å²) in [7, 11) is 0. The predicted molar refractivity (Wildman–Crippen MR) is 104 cm³/mol. The van der Waals surface area contributed by atoms with E-state index in [1.54, 1.807) is 11.3 Å². The molecule has 0 bridgehead atoms. The van der Waals surface area contributed by atoms with E-state index in [0.29, 0.717) is 24.5 Å². The first-order valence-electron chi connectivity index (χ1n) is 8.41. The van der Waals surface area contributed by atoms with Crippen molar-refractivity contribution in [3.63, 3.8) is 0 Å². The highest BCUT2D eigenvalue weighted by molar-refractivity contribution is 7.09. The molecule has 5 nitrogen and oxygen atoms in total. The molecule has 0 fully saturated rings. The van der Waals surface area contributed by atoms with Crippen molar-refractivity contribution in [2.45, 2.75) is 26.6 Å². The molecule has 3 rings (SSSR count). The van der Waals surface area contributed by atoms with Crippen LogP contribution >= 0.6 is 11.3 Å². The number of ether oxygens (including phenoxy) is 1. The van der Waals surface area contributed by atoms with Gasteiger partial charge in [0.1, 0.15) is 12.4 Å². The van der Waals surface area contributed by atoms with Gasteiger partial charge in [-0.05, 0) is 24.1 Å². The van der Waals surface area contributed by atoms with Gasteiger partial charge >= 0.3 is 0 Å².